The molecule has 3 nitrogen and oxygen atoms in total. The number of hydrogen-bond acceptors (Lipinski definition) is 4. The normalized spacial score (nSPS) is 23.2. The lowest BCUT2D eigenvalue weighted by Crippen LogP contribution is -2.46. The molecule has 0 spiro atoms. The van der Waals surface area contributed by atoms with E-state index < -0.39 is 0 Å². The SMILES string of the molecule is CCNC1CCCN(C(C)c2sc(C)nc2C)C1. The summed E-state index contributed by atoms with van der Waals surface area (Å²) in [5.74, 6) is 0. The van der Waals surface area contributed by atoms with Crippen molar-refractivity contribution in [3.63, 3.8) is 0 Å². The first kappa shape index (κ1) is 14.0. The fourth-order valence-electron chi connectivity index (χ4n) is 2.91. The van der Waals surface area contributed by atoms with Gasteiger partial charge in [-0.25, -0.2) is 4.98 Å². The van der Waals surface area contributed by atoms with Crippen molar-refractivity contribution >= 4 is 11.3 Å². The van der Waals surface area contributed by atoms with E-state index in [1.807, 2.05) is 11.3 Å². The van der Waals surface area contributed by atoms with E-state index >= 15 is 0 Å². The number of aromatic nitrogens is 1. The molecule has 1 aliphatic rings. The molecule has 4 heteroatoms. The minimum Gasteiger partial charge on any atom is -0.313 e. The number of piperidine rings is 1. The van der Waals surface area contributed by atoms with Gasteiger partial charge in [0, 0.05) is 23.5 Å². The van der Waals surface area contributed by atoms with Gasteiger partial charge in [0.15, 0.2) is 0 Å². The molecule has 102 valence electrons. The van der Waals surface area contributed by atoms with Gasteiger partial charge in [0.2, 0.25) is 0 Å². The van der Waals surface area contributed by atoms with Gasteiger partial charge in [0.1, 0.15) is 0 Å². The summed E-state index contributed by atoms with van der Waals surface area (Å²) in [5, 5.41) is 4.78. The number of rotatable bonds is 4. The summed E-state index contributed by atoms with van der Waals surface area (Å²) >= 11 is 1.86. The van der Waals surface area contributed by atoms with Crippen molar-refractivity contribution in [1.82, 2.24) is 15.2 Å². The maximum atomic E-state index is 4.56. The Bertz CT molecular complexity index is 386. The van der Waals surface area contributed by atoms with Crippen LogP contribution in [0.2, 0.25) is 0 Å². The zero-order valence-electron chi connectivity index (χ0n) is 12.0. The van der Waals surface area contributed by atoms with Gasteiger partial charge in [0.05, 0.1) is 10.7 Å². The molecule has 2 rings (SSSR count). The maximum absolute atomic E-state index is 4.56. The summed E-state index contributed by atoms with van der Waals surface area (Å²) in [5.41, 5.74) is 1.22. The molecular weight excluding hydrogens is 242 g/mol. The summed E-state index contributed by atoms with van der Waals surface area (Å²) < 4.78 is 0. The Morgan fingerprint density at radius 2 is 2.28 bits per heavy atom. The fourth-order valence-corrected chi connectivity index (χ4v) is 3.93. The Labute approximate surface area is 115 Å². The molecule has 1 fully saturated rings. The molecule has 1 aliphatic heterocycles. The lowest BCUT2D eigenvalue weighted by molar-refractivity contribution is 0.148. The molecule has 2 atom stereocenters. The number of nitrogens with zero attached hydrogens (tertiary/aromatic N) is 2. The van der Waals surface area contributed by atoms with Crippen LogP contribution in [0.3, 0.4) is 0 Å². The van der Waals surface area contributed by atoms with Gasteiger partial charge in [0.25, 0.3) is 0 Å². The molecule has 0 bridgehead atoms. The Balaban J connectivity index is 2.04. The van der Waals surface area contributed by atoms with Crippen LogP contribution in [-0.4, -0.2) is 35.6 Å². The van der Waals surface area contributed by atoms with Crippen LogP contribution < -0.4 is 5.32 Å². The van der Waals surface area contributed by atoms with Crippen molar-refractivity contribution in [2.45, 2.75) is 52.6 Å². The molecule has 1 aromatic rings. The minimum absolute atomic E-state index is 0.512. The third kappa shape index (κ3) is 3.11. The van der Waals surface area contributed by atoms with Gasteiger partial charge < -0.3 is 5.32 Å². The zero-order valence-corrected chi connectivity index (χ0v) is 12.8. The molecule has 0 saturated carbocycles. The summed E-state index contributed by atoms with van der Waals surface area (Å²) in [6.45, 7) is 12.2. The second-order valence-electron chi connectivity index (χ2n) is 5.25. The average Bonchev–Trinajstić information content (AvgIpc) is 2.68. The summed E-state index contributed by atoms with van der Waals surface area (Å²) in [6, 6.07) is 1.18. The van der Waals surface area contributed by atoms with Crippen LogP contribution in [-0.2, 0) is 0 Å². The van der Waals surface area contributed by atoms with E-state index in [2.05, 4.69) is 42.9 Å². The standard InChI is InChI=1S/C14H25N3S/c1-5-15-13-7-6-8-17(9-13)11(3)14-10(2)16-12(4)18-14/h11,13,15H,5-9H2,1-4H3. The van der Waals surface area contributed by atoms with Crippen LogP contribution in [0, 0.1) is 13.8 Å². The van der Waals surface area contributed by atoms with Crippen LogP contribution in [0.25, 0.3) is 0 Å². The summed E-state index contributed by atoms with van der Waals surface area (Å²) in [6.07, 6.45) is 2.62. The highest BCUT2D eigenvalue weighted by atomic mass is 32.1. The van der Waals surface area contributed by atoms with Gasteiger partial charge in [-0.3, -0.25) is 4.90 Å². The second-order valence-corrected chi connectivity index (χ2v) is 6.49. The number of hydrogen-bond donors (Lipinski definition) is 1. The van der Waals surface area contributed by atoms with E-state index in [0.717, 1.165) is 6.54 Å². The van der Waals surface area contributed by atoms with Crippen LogP contribution in [0.4, 0.5) is 0 Å². The van der Waals surface area contributed by atoms with Crippen LogP contribution in [0.5, 0.6) is 0 Å². The quantitative estimate of drug-likeness (QED) is 0.909. The van der Waals surface area contributed by atoms with Crippen molar-refractivity contribution in [2.24, 2.45) is 0 Å². The largest absolute Gasteiger partial charge is 0.313 e. The highest BCUT2D eigenvalue weighted by Gasteiger charge is 2.25. The number of nitrogens with one attached hydrogen (secondary N) is 1. The van der Waals surface area contributed by atoms with Crippen molar-refractivity contribution in [3.05, 3.63) is 15.6 Å². The van der Waals surface area contributed by atoms with Gasteiger partial charge in [-0.1, -0.05) is 6.92 Å². The second kappa shape index (κ2) is 6.13. The summed E-state index contributed by atoms with van der Waals surface area (Å²) in [4.78, 5) is 8.62. The molecule has 0 aromatic carbocycles. The van der Waals surface area contributed by atoms with Crippen molar-refractivity contribution in [3.8, 4) is 0 Å². The fraction of sp³-hybridized carbons (Fsp3) is 0.786. The Morgan fingerprint density at radius 3 is 2.89 bits per heavy atom. The van der Waals surface area contributed by atoms with Crippen LogP contribution in [0.1, 0.15) is 48.3 Å². The highest BCUT2D eigenvalue weighted by Crippen LogP contribution is 2.30. The predicted octanol–water partition coefficient (Wildman–Crippen LogP) is 2.89. The molecule has 0 aliphatic carbocycles. The van der Waals surface area contributed by atoms with Crippen LogP contribution in [0.15, 0.2) is 0 Å². The molecule has 1 saturated heterocycles. The van der Waals surface area contributed by atoms with Gasteiger partial charge >= 0.3 is 0 Å². The van der Waals surface area contributed by atoms with E-state index in [4.69, 9.17) is 0 Å². The summed E-state index contributed by atoms with van der Waals surface area (Å²) in [7, 11) is 0. The van der Waals surface area contributed by atoms with Gasteiger partial charge in [-0.2, -0.15) is 0 Å². The molecule has 0 radical (unpaired) electrons. The monoisotopic (exact) mass is 267 g/mol. The van der Waals surface area contributed by atoms with E-state index in [9.17, 15) is 0 Å². The average molecular weight is 267 g/mol. The predicted molar refractivity (Wildman–Crippen MR) is 78.3 cm³/mol. The van der Waals surface area contributed by atoms with Gasteiger partial charge in [-0.05, 0) is 46.7 Å². The highest BCUT2D eigenvalue weighted by molar-refractivity contribution is 7.11. The van der Waals surface area contributed by atoms with Crippen molar-refractivity contribution in [1.29, 1.82) is 0 Å². The molecule has 0 amide bonds. The smallest absolute Gasteiger partial charge is 0.0900 e. The van der Waals surface area contributed by atoms with E-state index in [-0.39, 0.29) is 0 Å². The molecule has 2 heterocycles. The topological polar surface area (TPSA) is 28.2 Å². The molecule has 1 N–H and O–H groups in total. The maximum Gasteiger partial charge on any atom is 0.0900 e. The molecule has 18 heavy (non-hydrogen) atoms. The Morgan fingerprint density at radius 1 is 1.50 bits per heavy atom. The van der Waals surface area contributed by atoms with Gasteiger partial charge in [-0.15, -0.1) is 11.3 Å². The molecule has 1 aromatic heterocycles. The third-order valence-corrected chi connectivity index (χ3v) is 5.06. The van der Waals surface area contributed by atoms with Crippen molar-refractivity contribution in [2.75, 3.05) is 19.6 Å². The number of thiazole rings is 1. The zero-order chi connectivity index (χ0) is 13.1. The first-order chi connectivity index (χ1) is 8.61. The number of likely N-dealkylation sites (tertiary alicyclic amines) is 1. The Kier molecular flexibility index (Phi) is 4.76. The minimum atomic E-state index is 0.512. The first-order valence-electron chi connectivity index (χ1n) is 7.03. The van der Waals surface area contributed by atoms with Crippen LogP contribution >= 0.6 is 11.3 Å². The molecule has 2 unspecified atom stereocenters. The lowest BCUT2D eigenvalue weighted by atomic mass is 10.0. The first-order valence-corrected chi connectivity index (χ1v) is 7.84. The number of aryl methyl sites for hydroxylation is 2. The third-order valence-electron chi connectivity index (χ3n) is 3.81. The van der Waals surface area contributed by atoms with E-state index in [1.165, 1.54) is 41.5 Å². The van der Waals surface area contributed by atoms with E-state index in [1.54, 1.807) is 0 Å². The Hall–Kier alpha value is -0.450. The molecular formula is C14H25N3S. The lowest BCUT2D eigenvalue weighted by Gasteiger charge is -2.36. The van der Waals surface area contributed by atoms with Crippen molar-refractivity contribution < 1.29 is 0 Å². The number of likely N-dealkylation sites (N-methyl/N-ethyl adjacent to an activating group) is 1. The van der Waals surface area contributed by atoms with E-state index in [0.29, 0.717) is 12.1 Å².